The van der Waals surface area contributed by atoms with E-state index in [9.17, 15) is 13.2 Å². The van der Waals surface area contributed by atoms with Gasteiger partial charge >= 0.3 is 0 Å². The van der Waals surface area contributed by atoms with E-state index in [1.807, 2.05) is 0 Å². The van der Waals surface area contributed by atoms with E-state index < -0.39 is 10.0 Å². The quantitative estimate of drug-likeness (QED) is 0.655. The molecule has 0 radical (unpaired) electrons. The van der Waals surface area contributed by atoms with Crippen LogP contribution < -0.4 is 15.4 Å². The molecular weight excluding hydrogens is 282 g/mol. The topological polar surface area (TPSA) is 100 Å². The minimum absolute atomic E-state index is 0.0536. The Balaban J connectivity index is 1.86. The molecule has 1 aromatic rings. The Hall–Kier alpha value is -1.38. The van der Waals surface area contributed by atoms with E-state index >= 15 is 0 Å². The van der Waals surface area contributed by atoms with Crippen molar-refractivity contribution in [1.29, 1.82) is 0 Å². The van der Waals surface area contributed by atoms with Crippen molar-refractivity contribution in [2.45, 2.75) is 43.5 Å². The van der Waals surface area contributed by atoms with Crippen molar-refractivity contribution < 1.29 is 17.6 Å². The lowest BCUT2D eigenvalue weighted by Gasteiger charge is -2.12. The second kappa shape index (κ2) is 5.94. The molecule has 0 aliphatic heterocycles. The largest absolute Gasteiger partial charge is 0.447 e. The van der Waals surface area contributed by atoms with E-state index in [1.54, 1.807) is 13.0 Å². The van der Waals surface area contributed by atoms with Crippen LogP contribution in [0, 0.1) is 0 Å². The summed E-state index contributed by atoms with van der Waals surface area (Å²) in [6.07, 6.45) is 2.09. The zero-order valence-electron chi connectivity index (χ0n) is 11.5. The highest BCUT2D eigenvalue weighted by Crippen LogP contribution is 2.18. The lowest BCUT2D eigenvalue weighted by Crippen LogP contribution is -2.42. The van der Waals surface area contributed by atoms with E-state index in [4.69, 9.17) is 4.42 Å². The summed E-state index contributed by atoms with van der Waals surface area (Å²) >= 11 is 0. The molecule has 1 unspecified atom stereocenters. The molecule has 112 valence electrons. The summed E-state index contributed by atoms with van der Waals surface area (Å²) in [7, 11) is -2.24. The van der Waals surface area contributed by atoms with Crippen LogP contribution >= 0.6 is 0 Å². The van der Waals surface area contributed by atoms with Gasteiger partial charge in [-0.15, -0.1) is 0 Å². The van der Waals surface area contributed by atoms with Crippen LogP contribution in [-0.4, -0.2) is 33.5 Å². The third-order valence-corrected chi connectivity index (χ3v) is 4.36. The van der Waals surface area contributed by atoms with Crippen molar-refractivity contribution in [2.75, 3.05) is 7.05 Å². The predicted octanol–water partition coefficient (Wildman–Crippen LogP) is -0.0556. The SMILES string of the molecule is CNS(=O)(=O)c1ccc(CNC(C)C(=O)NC2CC2)o1. The first-order chi connectivity index (χ1) is 9.42. The van der Waals surface area contributed by atoms with Crippen molar-refractivity contribution in [3.8, 4) is 0 Å². The first-order valence-corrected chi connectivity index (χ1v) is 7.96. The summed E-state index contributed by atoms with van der Waals surface area (Å²) in [4.78, 5) is 11.7. The first-order valence-electron chi connectivity index (χ1n) is 6.48. The zero-order chi connectivity index (χ0) is 14.8. The van der Waals surface area contributed by atoms with Crippen LogP contribution in [0.25, 0.3) is 0 Å². The fraction of sp³-hybridized carbons (Fsp3) is 0.583. The Kier molecular flexibility index (Phi) is 4.46. The van der Waals surface area contributed by atoms with Crippen LogP contribution in [-0.2, 0) is 21.4 Å². The Morgan fingerprint density at radius 3 is 2.75 bits per heavy atom. The standard InChI is InChI=1S/C12H19N3O4S/c1-8(12(16)15-9-3-4-9)14-7-10-5-6-11(19-10)20(17,18)13-2/h5-6,8-9,13-14H,3-4,7H2,1-2H3,(H,15,16). The van der Waals surface area contributed by atoms with E-state index in [-0.39, 0.29) is 17.0 Å². The molecule has 1 amide bonds. The number of sulfonamides is 1. The van der Waals surface area contributed by atoms with Crippen LogP contribution in [0.5, 0.6) is 0 Å². The van der Waals surface area contributed by atoms with Crippen LogP contribution in [0.2, 0.25) is 0 Å². The maximum absolute atomic E-state index is 11.7. The second-order valence-electron chi connectivity index (χ2n) is 4.81. The average molecular weight is 301 g/mol. The highest BCUT2D eigenvalue weighted by atomic mass is 32.2. The van der Waals surface area contributed by atoms with Gasteiger partial charge in [0.2, 0.25) is 11.0 Å². The summed E-state index contributed by atoms with van der Waals surface area (Å²) in [5, 5.41) is 5.75. The lowest BCUT2D eigenvalue weighted by molar-refractivity contribution is -0.122. The average Bonchev–Trinajstić information content (AvgIpc) is 3.09. The molecule has 1 aliphatic carbocycles. The maximum atomic E-state index is 11.7. The number of hydrogen-bond donors (Lipinski definition) is 3. The Morgan fingerprint density at radius 1 is 1.45 bits per heavy atom. The van der Waals surface area contributed by atoms with E-state index in [0.29, 0.717) is 18.3 Å². The number of furan rings is 1. The highest BCUT2D eigenvalue weighted by Gasteiger charge is 2.25. The maximum Gasteiger partial charge on any atom is 0.273 e. The Morgan fingerprint density at radius 2 is 2.15 bits per heavy atom. The molecule has 1 saturated carbocycles. The minimum atomic E-state index is -3.56. The van der Waals surface area contributed by atoms with Gasteiger partial charge in [0.1, 0.15) is 5.76 Å². The summed E-state index contributed by atoms with van der Waals surface area (Å²) in [6.45, 7) is 2.05. The molecule has 0 spiro atoms. The summed E-state index contributed by atoms with van der Waals surface area (Å²) in [5.74, 6) is 0.409. The molecule has 8 heteroatoms. The molecule has 1 atom stereocenters. The van der Waals surface area contributed by atoms with Crippen LogP contribution in [0.3, 0.4) is 0 Å². The number of amides is 1. The molecular formula is C12H19N3O4S. The molecule has 2 rings (SSSR count). The van der Waals surface area contributed by atoms with Gasteiger partial charge in [0.15, 0.2) is 0 Å². The number of nitrogens with one attached hydrogen (secondary N) is 3. The second-order valence-corrected chi connectivity index (χ2v) is 6.63. The lowest BCUT2D eigenvalue weighted by atomic mass is 10.3. The van der Waals surface area contributed by atoms with E-state index in [1.165, 1.54) is 13.1 Å². The van der Waals surface area contributed by atoms with Gasteiger partial charge in [-0.1, -0.05) is 0 Å². The number of carbonyl (C=O) groups excluding carboxylic acids is 1. The zero-order valence-corrected chi connectivity index (χ0v) is 12.3. The molecule has 1 aliphatic rings. The van der Waals surface area contributed by atoms with Crippen LogP contribution in [0.15, 0.2) is 21.6 Å². The first kappa shape index (κ1) is 15.0. The molecule has 20 heavy (non-hydrogen) atoms. The number of carbonyl (C=O) groups is 1. The van der Waals surface area contributed by atoms with E-state index in [0.717, 1.165) is 12.8 Å². The van der Waals surface area contributed by atoms with Gasteiger partial charge in [-0.25, -0.2) is 13.1 Å². The van der Waals surface area contributed by atoms with Gasteiger partial charge in [-0.2, -0.15) is 0 Å². The molecule has 0 aromatic carbocycles. The van der Waals surface area contributed by atoms with Crippen molar-refractivity contribution in [1.82, 2.24) is 15.4 Å². The highest BCUT2D eigenvalue weighted by molar-refractivity contribution is 7.89. The fourth-order valence-electron chi connectivity index (χ4n) is 1.60. The van der Waals surface area contributed by atoms with E-state index in [2.05, 4.69) is 15.4 Å². The normalized spacial score (nSPS) is 16.9. The number of hydrogen-bond acceptors (Lipinski definition) is 5. The molecule has 0 bridgehead atoms. The fourth-order valence-corrected chi connectivity index (χ4v) is 2.26. The van der Waals surface area contributed by atoms with Gasteiger partial charge in [-0.05, 0) is 38.9 Å². The molecule has 1 aromatic heterocycles. The summed E-state index contributed by atoms with van der Waals surface area (Å²) < 4.78 is 30.4. The van der Waals surface area contributed by atoms with Crippen molar-refractivity contribution in [3.05, 3.63) is 17.9 Å². The molecule has 1 fully saturated rings. The molecule has 0 saturated heterocycles. The third-order valence-electron chi connectivity index (χ3n) is 3.07. The minimum Gasteiger partial charge on any atom is -0.447 e. The van der Waals surface area contributed by atoms with Gasteiger partial charge in [0.25, 0.3) is 10.0 Å². The van der Waals surface area contributed by atoms with Gasteiger partial charge in [0.05, 0.1) is 12.6 Å². The summed E-state index contributed by atoms with van der Waals surface area (Å²) in [6, 6.07) is 2.92. The number of rotatable bonds is 7. The van der Waals surface area contributed by atoms with Crippen LogP contribution in [0.1, 0.15) is 25.5 Å². The van der Waals surface area contributed by atoms with Gasteiger partial charge in [-0.3, -0.25) is 10.1 Å². The van der Waals surface area contributed by atoms with Gasteiger partial charge < -0.3 is 9.73 Å². The predicted molar refractivity (Wildman–Crippen MR) is 72.4 cm³/mol. The Labute approximate surface area is 118 Å². The molecule has 3 N–H and O–H groups in total. The van der Waals surface area contributed by atoms with Gasteiger partial charge in [0, 0.05) is 6.04 Å². The summed E-state index contributed by atoms with van der Waals surface area (Å²) in [5.41, 5.74) is 0. The third kappa shape index (κ3) is 3.81. The van der Waals surface area contributed by atoms with Crippen molar-refractivity contribution in [3.63, 3.8) is 0 Å². The van der Waals surface area contributed by atoms with Crippen LogP contribution in [0.4, 0.5) is 0 Å². The molecule has 7 nitrogen and oxygen atoms in total. The van der Waals surface area contributed by atoms with Crippen molar-refractivity contribution in [2.24, 2.45) is 0 Å². The smallest absolute Gasteiger partial charge is 0.273 e. The molecule has 1 heterocycles. The van der Waals surface area contributed by atoms with Crippen molar-refractivity contribution >= 4 is 15.9 Å². The Bertz CT molecular complexity index is 577. The monoisotopic (exact) mass is 301 g/mol.